The first-order chi connectivity index (χ1) is 26.0. The van der Waals surface area contributed by atoms with E-state index in [1.54, 1.807) is 11.3 Å². The zero-order chi connectivity index (χ0) is 35.3. The Kier molecular flexibility index (Phi) is 6.43. The van der Waals surface area contributed by atoms with Crippen molar-refractivity contribution in [2.45, 2.75) is 19.3 Å². The zero-order valence-corrected chi connectivity index (χ0v) is 30.0. The summed E-state index contributed by atoms with van der Waals surface area (Å²) in [7, 11) is 0. The van der Waals surface area contributed by atoms with Crippen LogP contribution in [0.25, 0.3) is 93.0 Å². The molecule has 250 valence electrons. The van der Waals surface area contributed by atoms with Crippen molar-refractivity contribution < 1.29 is 0 Å². The second-order valence-corrected chi connectivity index (χ2v) is 15.5. The highest BCUT2D eigenvalue weighted by molar-refractivity contribution is 7.26. The lowest BCUT2D eigenvalue weighted by Gasteiger charge is -2.22. The summed E-state index contributed by atoms with van der Waals surface area (Å²) in [4.78, 5) is 16.0. The average Bonchev–Trinajstić information content (AvgIpc) is 3.84. The van der Waals surface area contributed by atoms with Crippen molar-refractivity contribution in [1.29, 1.82) is 0 Å². The summed E-state index contributed by atoms with van der Waals surface area (Å²) in [6, 6.07) is 56.2. The van der Waals surface area contributed by atoms with Gasteiger partial charge in [-0.2, -0.15) is 9.97 Å². The van der Waals surface area contributed by atoms with E-state index in [0.29, 0.717) is 17.6 Å². The number of para-hydroxylation sites is 1. The molecule has 0 amide bonds. The topological polar surface area (TPSA) is 43.6 Å². The molecule has 53 heavy (non-hydrogen) atoms. The van der Waals surface area contributed by atoms with Crippen molar-refractivity contribution in [3.8, 4) is 51.0 Å². The van der Waals surface area contributed by atoms with E-state index < -0.39 is 0 Å². The molecule has 0 N–H and O–H groups in total. The van der Waals surface area contributed by atoms with Crippen molar-refractivity contribution in [3.05, 3.63) is 169 Å². The third kappa shape index (κ3) is 4.44. The highest BCUT2D eigenvalue weighted by Crippen LogP contribution is 2.53. The number of benzene rings is 7. The summed E-state index contributed by atoms with van der Waals surface area (Å²) in [6.07, 6.45) is 0. The quantitative estimate of drug-likeness (QED) is 0.184. The van der Waals surface area contributed by atoms with E-state index in [0.717, 1.165) is 33.3 Å². The second-order valence-electron chi connectivity index (χ2n) is 14.4. The minimum absolute atomic E-state index is 0.176. The van der Waals surface area contributed by atoms with Crippen molar-refractivity contribution in [2.24, 2.45) is 0 Å². The fourth-order valence-corrected chi connectivity index (χ4v) is 9.86. The van der Waals surface area contributed by atoms with Gasteiger partial charge in [0.1, 0.15) is 0 Å². The molecule has 1 aliphatic carbocycles. The molecule has 3 heterocycles. The van der Waals surface area contributed by atoms with E-state index in [2.05, 4.69) is 170 Å². The van der Waals surface area contributed by atoms with Crippen LogP contribution in [0.5, 0.6) is 0 Å². The van der Waals surface area contributed by atoms with Gasteiger partial charge in [-0.3, -0.25) is 4.57 Å². The third-order valence-electron chi connectivity index (χ3n) is 11.1. The van der Waals surface area contributed by atoms with Gasteiger partial charge in [0, 0.05) is 47.5 Å². The van der Waals surface area contributed by atoms with Crippen molar-refractivity contribution >= 4 is 53.3 Å². The molecule has 4 nitrogen and oxygen atoms in total. The van der Waals surface area contributed by atoms with Gasteiger partial charge < -0.3 is 0 Å². The number of fused-ring (bicyclic) bond motifs is 10. The Balaban J connectivity index is 1.21. The Morgan fingerprint density at radius 2 is 1.17 bits per heavy atom. The van der Waals surface area contributed by atoms with Crippen LogP contribution in [0.4, 0.5) is 0 Å². The van der Waals surface area contributed by atoms with Crippen LogP contribution >= 0.6 is 11.3 Å². The maximum Gasteiger partial charge on any atom is 0.238 e. The number of hydrogen-bond donors (Lipinski definition) is 0. The van der Waals surface area contributed by atoms with E-state index in [9.17, 15) is 0 Å². The van der Waals surface area contributed by atoms with Gasteiger partial charge in [0.25, 0.3) is 0 Å². The van der Waals surface area contributed by atoms with Crippen LogP contribution in [0.2, 0.25) is 0 Å². The molecule has 0 aliphatic heterocycles. The molecule has 1 aliphatic rings. The molecular formula is C48H32N4S. The van der Waals surface area contributed by atoms with Gasteiger partial charge in [-0.15, -0.1) is 11.3 Å². The summed E-state index contributed by atoms with van der Waals surface area (Å²) >= 11 is 1.79. The predicted molar refractivity (Wildman–Crippen MR) is 221 cm³/mol. The van der Waals surface area contributed by atoms with E-state index in [1.165, 1.54) is 53.2 Å². The summed E-state index contributed by atoms with van der Waals surface area (Å²) in [5.41, 5.74) is 11.5. The van der Waals surface area contributed by atoms with E-state index in [-0.39, 0.29) is 5.41 Å². The highest BCUT2D eigenvalue weighted by Gasteiger charge is 2.38. The van der Waals surface area contributed by atoms with Crippen molar-refractivity contribution in [3.63, 3.8) is 0 Å². The predicted octanol–water partition coefficient (Wildman–Crippen LogP) is 12.6. The van der Waals surface area contributed by atoms with Gasteiger partial charge in [0.2, 0.25) is 5.95 Å². The molecule has 0 bridgehead atoms. The molecule has 10 aromatic rings. The molecule has 0 radical (unpaired) electrons. The van der Waals surface area contributed by atoms with Crippen LogP contribution in [-0.2, 0) is 5.41 Å². The normalized spacial score (nSPS) is 13.2. The minimum atomic E-state index is -0.176. The average molecular weight is 697 g/mol. The van der Waals surface area contributed by atoms with Gasteiger partial charge >= 0.3 is 0 Å². The number of hydrogen-bond acceptors (Lipinski definition) is 4. The van der Waals surface area contributed by atoms with E-state index in [4.69, 9.17) is 15.0 Å². The monoisotopic (exact) mass is 696 g/mol. The fourth-order valence-electron chi connectivity index (χ4n) is 8.65. The molecule has 3 aromatic heterocycles. The summed E-state index contributed by atoms with van der Waals surface area (Å²) in [5, 5.41) is 4.91. The first-order valence-corrected chi connectivity index (χ1v) is 18.9. The maximum absolute atomic E-state index is 5.39. The molecular weight excluding hydrogens is 665 g/mol. The number of nitrogens with zero attached hydrogens (tertiary/aromatic N) is 4. The van der Waals surface area contributed by atoms with Crippen LogP contribution < -0.4 is 0 Å². The second kappa shape index (κ2) is 11.3. The molecule has 0 saturated heterocycles. The number of aromatic nitrogens is 4. The van der Waals surface area contributed by atoms with Crippen LogP contribution in [0.15, 0.2) is 158 Å². The van der Waals surface area contributed by atoms with Crippen LogP contribution in [0.3, 0.4) is 0 Å². The SMILES string of the molecule is CC1(C)c2ccccc2-c2ccc3c(c21)c1ccccc1n3-c1nc(-c2cccc(-c3ccccc3)c2)nc(-c2cccc3c2sc2ccccc23)n1. The Morgan fingerprint density at radius 1 is 0.491 bits per heavy atom. The standard InChI is InChI=1S/C48H32N4S/c1-48(2)38-23-9-6-18-32(38)34-26-27-40-42(43(34)48)36-20-7-10-24-39(36)52(40)47-50-45(31-17-12-16-30(28-31)29-14-4-3-5-15-29)49-46(51-47)37-22-13-21-35-33-19-8-11-25-41(33)53-44(35)37/h3-28H,1-2H3. The molecule has 0 fully saturated rings. The van der Waals surface area contributed by atoms with Crippen molar-refractivity contribution in [2.75, 3.05) is 0 Å². The van der Waals surface area contributed by atoms with Crippen LogP contribution in [-0.4, -0.2) is 19.5 Å². The Bertz CT molecular complexity index is 3100. The lowest BCUT2D eigenvalue weighted by Crippen LogP contribution is -2.15. The number of rotatable bonds is 4. The Morgan fingerprint density at radius 3 is 2.08 bits per heavy atom. The molecule has 0 atom stereocenters. The maximum atomic E-state index is 5.39. The zero-order valence-electron chi connectivity index (χ0n) is 29.2. The molecule has 0 spiro atoms. The summed E-state index contributed by atoms with van der Waals surface area (Å²) < 4.78 is 4.68. The Labute approximate surface area is 310 Å². The van der Waals surface area contributed by atoms with Gasteiger partial charge in [-0.05, 0) is 63.7 Å². The highest BCUT2D eigenvalue weighted by atomic mass is 32.1. The minimum Gasteiger partial charge on any atom is -0.278 e. The lowest BCUT2D eigenvalue weighted by atomic mass is 9.80. The van der Waals surface area contributed by atoms with E-state index >= 15 is 0 Å². The first kappa shape index (κ1) is 30.2. The van der Waals surface area contributed by atoms with Gasteiger partial charge in [-0.25, -0.2) is 4.98 Å². The molecule has 5 heteroatoms. The third-order valence-corrected chi connectivity index (χ3v) is 12.3. The first-order valence-electron chi connectivity index (χ1n) is 18.0. The van der Waals surface area contributed by atoms with Crippen LogP contribution in [0.1, 0.15) is 25.0 Å². The summed E-state index contributed by atoms with van der Waals surface area (Å²) in [5.74, 6) is 1.90. The van der Waals surface area contributed by atoms with Crippen molar-refractivity contribution in [1.82, 2.24) is 19.5 Å². The van der Waals surface area contributed by atoms with Gasteiger partial charge in [0.05, 0.1) is 11.0 Å². The molecule has 0 saturated carbocycles. The Hall–Kier alpha value is -6.43. The molecule has 7 aromatic carbocycles. The smallest absolute Gasteiger partial charge is 0.238 e. The summed E-state index contributed by atoms with van der Waals surface area (Å²) in [6.45, 7) is 4.71. The van der Waals surface area contributed by atoms with Gasteiger partial charge in [0.15, 0.2) is 11.6 Å². The lowest BCUT2D eigenvalue weighted by molar-refractivity contribution is 0.666. The van der Waals surface area contributed by atoms with Crippen LogP contribution in [0, 0.1) is 0 Å². The van der Waals surface area contributed by atoms with Gasteiger partial charge in [-0.1, -0.05) is 141 Å². The fraction of sp³-hybridized carbons (Fsp3) is 0.0625. The largest absolute Gasteiger partial charge is 0.278 e. The number of thiophene rings is 1. The molecule has 0 unspecified atom stereocenters. The molecule has 11 rings (SSSR count). The van der Waals surface area contributed by atoms with E-state index in [1.807, 2.05) is 6.07 Å².